The van der Waals surface area contributed by atoms with Crippen molar-refractivity contribution in [2.75, 3.05) is 24.0 Å². The highest BCUT2D eigenvalue weighted by molar-refractivity contribution is 9.10. The first-order valence-corrected chi connectivity index (χ1v) is 16.0. The van der Waals surface area contributed by atoms with Crippen molar-refractivity contribution in [1.29, 1.82) is 0 Å². The Morgan fingerprint density at radius 3 is 2.22 bits per heavy atom. The van der Waals surface area contributed by atoms with Crippen LogP contribution in [0.3, 0.4) is 0 Å². The Morgan fingerprint density at radius 1 is 0.976 bits per heavy atom. The second kappa shape index (κ2) is 15.2. The van der Waals surface area contributed by atoms with E-state index in [0.717, 1.165) is 15.2 Å². The van der Waals surface area contributed by atoms with E-state index in [-0.39, 0.29) is 23.0 Å². The monoisotopic (exact) mass is 663 g/mol. The molecule has 0 aliphatic carbocycles. The maximum Gasteiger partial charge on any atom is 0.264 e. The van der Waals surface area contributed by atoms with E-state index in [0.29, 0.717) is 35.9 Å². The molecule has 0 aliphatic heterocycles. The summed E-state index contributed by atoms with van der Waals surface area (Å²) < 4.78 is 35.2. The smallest absolute Gasteiger partial charge is 0.264 e. The lowest BCUT2D eigenvalue weighted by Crippen LogP contribution is -2.52. The van der Waals surface area contributed by atoms with Gasteiger partial charge < -0.3 is 15.0 Å². The molecule has 1 N–H and O–H groups in total. The van der Waals surface area contributed by atoms with E-state index in [1.807, 2.05) is 20.8 Å². The van der Waals surface area contributed by atoms with Crippen LogP contribution in [0.1, 0.15) is 39.2 Å². The largest absolute Gasteiger partial charge is 0.494 e. The van der Waals surface area contributed by atoms with E-state index < -0.39 is 28.5 Å². The van der Waals surface area contributed by atoms with Crippen LogP contribution >= 0.6 is 27.5 Å². The van der Waals surface area contributed by atoms with Crippen LogP contribution in [0.2, 0.25) is 5.02 Å². The molecule has 11 heteroatoms. The number of hydrogen-bond donors (Lipinski definition) is 1. The summed E-state index contributed by atoms with van der Waals surface area (Å²) in [5, 5.41) is 3.31. The first kappa shape index (κ1) is 32.4. The van der Waals surface area contributed by atoms with Crippen LogP contribution in [0.5, 0.6) is 5.75 Å². The summed E-state index contributed by atoms with van der Waals surface area (Å²) in [5.74, 6) is -0.279. The number of nitrogens with one attached hydrogen (secondary N) is 1. The van der Waals surface area contributed by atoms with Crippen LogP contribution in [0.15, 0.2) is 82.2 Å². The number of carbonyl (C=O) groups is 2. The number of rotatable bonds is 14. The molecule has 0 bridgehead atoms. The van der Waals surface area contributed by atoms with Gasteiger partial charge in [-0.1, -0.05) is 59.6 Å². The van der Waals surface area contributed by atoms with Crippen LogP contribution in [0.4, 0.5) is 5.69 Å². The molecular formula is C30H35BrClN3O5S. The van der Waals surface area contributed by atoms with Crippen molar-refractivity contribution in [1.82, 2.24) is 10.2 Å². The summed E-state index contributed by atoms with van der Waals surface area (Å²) in [6.45, 7) is 6.01. The van der Waals surface area contributed by atoms with Crippen molar-refractivity contribution in [3.63, 3.8) is 0 Å². The predicted octanol–water partition coefficient (Wildman–Crippen LogP) is 6.03. The molecule has 8 nitrogen and oxygen atoms in total. The molecule has 0 saturated carbocycles. The lowest BCUT2D eigenvalue weighted by atomic mass is 10.1. The first-order chi connectivity index (χ1) is 19.6. The molecule has 3 aromatic rings. The summed E-state index contributed by atoms with van der Waals surface area (Å²) in [6, 6.07) is 18.9. The number of halogens is 2. The van der Waals surface area contributed by atoms with Gasteiger partial charge >= 0.3 is 0 Å². The van der Waals surface area contributed by atoms with Gasteiger partial charge in [-0.15, -0.1) is 0 Å². The van der Waals surface area contributed by atoms with Crippen LogP contribution in [-0.2, 0) is 26.2 Å². The van der Waals surface area contributed by atoms with E-state index in [2.05, 4.69) is 21.2 Å². The molecule has 0 aliphatic rings. The number of hydrogen-bond acceptors (Lipinski definition) is 5. The summed E-state index contributed by atoms with van der Waals surface area (Å²) in [6.07, 6.45) is 1.06. The average molecular weight is 665 g/mol. The van der Waals surface area contributed by atoms with Crippen molar-refractivity contribution < 1.29 is 22.7 Å². The van der Waals surface area contributed by atoms with Gasteiger partial charge in [0.25, 0.3) is 10.0 Å². The maximum atomic E-state index is 14.1. The summed E-state index contributed by atoms with van der Waals surface area (Å²) >= 11 is 9.77. The fourth-order valence-corrected chi connectivity index (χ4v) is 6.11. The van der Waals surface area contributed by atoms with Crippen molar-refractivity contribution >= 4 is 55.1 Å². The molecule has 2 amide bonds. The number of nitrogens with zero attached hydrogens (tertiary/aromatic N) is 2. The quantitative estimate of drug-likeness (QED) is 0.227. The molecule has 0 heterocycles. The molecule has 0 aromatic heterocycles. The fraction of sp³-hybridized carbons (Fsp3) is 0.333. The highest BCUT2D eigenvalue weighted by Crippen LogP contribution is 2.28. The Hall–Kier alpha value is -3.08. The molecule has 0 spiro atoms. The van der Waals surface area contributed by atoms with Crippen molar-refractivity contribution in [2.45, 2.75) is 51.1 Å². The van der Waals surface area contributed by atoms with Crippen molar-refractivity contribution in [2.24, 2.45) is 0 Å². The van der Waals surface area contributed by atoms with Gasteiger partial charge in [0.05, 0.1) is 17.2 Å². The molecule has 0 unspecified atom stereocenters. The molecule has 3 aromatic carbocycles. The third-order valence-electron chi connectivity index (χ3n) is 6.35. The molecule has 220 valence electrons. The second-order valence-electron chi connectivity index (χ2n) is 9.22. The standard InChI is InChI=1S/C30H35BrClN3O5S/c1-4-19-33-30(37)28(5-2)34(20-22-9-7-8-10-27(22)32)29(36)21-35(24-13-15-25(16-14-24)40-6-3)41(38,39)26-17-11-23(31)12-18-26/h7-18,28H,4-6,19-21H2,1-3H3,(H,33,37)/t28-/m0/s1. The minimum Gasteiger partial charge on any atom is -0.494 e. The second-order valence-corrected chi connectivity index (χ2v) is 12.4. The molecule has 41 heavy (non-hydrogen) atoms. The van der Waals surface area contributed by atoms with Crippen molar-refractivity contribution in [3.8, 4) is 5.75 Å². The zero-order valence-electron chi connectivity index (χ0n) is 23.3. The molecule has 0 saturated heterocycles. The first-order valence-electron chi connectivity index (χ1n) is 13.4. The van der Waals surface area contributed by atoms with Gasteiger partial charge in [0.15, 0.2) is 0 Å². The van der Waals surface area contributed by atoms with Crippen molar-refractivity contribution in [3.05, 3.63) is 87.9 Å². The van der Waals surface area contributed by atoms with Gasteiger partial charge in [-0.05, 0) is 79.9 Å². The third-order valence-corrected chi connectivity index (χ3v) is 9.04. The number of carbonyl (C=O) groups excluding carboxylic acids is 2. The van der Waals surface area contributed by atoms with E-state index in [9.17, 15) is 18.0 Å². The topological polar surface area (TPSA) is 96.0 Å². The Labute approximate surface area is 255 Å². The van der Waals surface area contributed by atoms with Gasteiger partial charge in [-0.3, -0.25) is 13.9 Å². The van der Waals surface area contributed by atoms with E-state index in [4.69, 9.17) is 16.3 Å². The predicted molar refractivity (Wildman–Crippen MR) is 166 cm³/mol. The Bertz CT molecular complexity index is 1420. The molecular weight excluding hydrogens is 630 g/mol. The number of benzene rings is 3. The van der Waals surface area contributed by atoms with Gasteiger partial charge in [0.2, 0.25) is 11.8 Å². The number of anilines is 1. The highest BCUT2D eigenvalue weighted by Gasteiger charge is 2.34. The zero-order chi connectivity index (χ0) is 30.0. The third kappa shape index (κ3) is 8.47. The lowest BCUT2D eigenvalue weighted by Gasteiger charge is -2.33. The number of sulfonamides is 1. The number of ether oxygens (including phenoxy) is 1. The normalized spacial score (nSPS) is 11.9. The summed E-state index contributed by atoms with van der Waals surface area (Å²) in [5.41, 5.74) is 0.929. The molecule has 0 fully saturated rings. The fourth-order valence-electron chi connectivity index (χ4n) is 4.23. The van der Waals surface area contributed by atoms with Crippen LogP contribution in [-0.4, -0.2) is 50.9 Å². The number of amides is 2. The van der Waals surface area contributed by atoms with Gasteiger partial charge in [-0.2, -0.15) is 0 Å². The van der Waals surface area contributed by atoms with Crippen LogP contribution in [0, 0.1) is 0 Å². The lowest BCUT2D eigenvalue weighted by molar-refractivity contribution is -0.140. The zero-order valence-corrected chi connectivity index (χ0v) is 26.5. The highest BCUT2D eigenvalue weighted by atomic mass is 79.9. The van der Waals surface area contributed by atoms with Crippen LogP contribution < -0.4 is 14.4 Å². The van der Waals surface area contributed by atoms with E-state index in [1.165, 1.54) is 17.0 Å². The van der Waals surface area contributed by atoms with Crippen LogP contribution in [0.25, 0.3) is 0 Å². The molecule has 0 radical (unpaired) electrons. The Balaban J connectivity index is 2.06. The SMILES string of the molecule is CCCNC(=O)[C@H](CC)N(Cc1ccccc1Cl)C(=O)CN(c1ccc(OCC)cc1)S(=O)(=O)c1ccc(Br)cc1. The maximum absolute atomic E-state index is 14.1. The minimum absolute atomic E-state index is 0.0211. The molecule has 3 rings (SSSR count). The summed E-state index contributed by atoms with van der Waals surface area (Å²) in [7, 11) is -4.17. The minimum atomic E-state index is -4.17. The average Bonchev–Trinajstić information content (AvgIpc) is 2.96. The summed E-state index contributed by atoms with van der Waals surface area (Å²) in [4.78, 5) is 28.7. The van der Waals surface area contributed by atoms with Gasteiger partial charge in [-0.25, -0.2) is 8.42 Å². The Kier molecular flexibility index (Phi) is 12.1. The Morgan fingerprint density at radius 2 is 1.63 bits per heavy atom. The van der Waals surface area contributed by atoms with Gasteiger partial charge in [0.1, 0.15) is 18.3 Å². The van der Waals surface area contributed by atoms with E-state index in [1.54, 1.807) is 60.7 Å². The molecule has 1 atom stereocenters. The van der Waals surface area contributed by atoms with Gasteiger partial charge in [0, 0.05) is 22.6 Å². The van der Waals surface area contributed by atoms with E-state index >= 15 is 0 Å².